The average molecular weight is 402 g/mol. The van der Waals surface area contributed by atoms with E-state index in [0.717, 1.165) is 10.6 Å². The molecule has 0 aliphatic carbocycles. The summed E-state index contributed by atoms with van der Waals surface area (Å²) in [5.41, 5.74) is -0.261. The first-order chi connectivity index (χ1) is 13.7. The minimum Gasteiger partial charge on any atom is -0.497 e. The average Bonchev–Trinajstić information content (AvgIpc) is 3.05. The maximum atomic E-state index is 13.1. The summed E-state index contributed by atoms with van der Waals surface area (Å²) in [5.74, 6) is -0.684. The van der Waals surface area contributed by atoms with Crippen LogP contribution in [0.5, 0.6) is 5.75 Å². The number of methoxy groups -OCH3 is 1. The van der Waals surface area contributed by atoms with E-state index in [1.54, 1.807) is 24.3 Å². The monoisotopic (exact) mass is 402 g/mol. The van der Waals surface area contributed by atoms with E-state index in [2.05, 4.69) is 15.1 Å². The van der Waals surface area contributed by atoms with Crippen molar-refractivity contribution >= 4 is 22.6 Å². The fraction of sp³-hybridized carbons (Fsp3) is 0.158. The van der Waals surface area contributed by atoms with Crippen molar-refractivity contribution in [3.63, 3.8) is 0 Å². The van der Waals surface area contributed by atoms with Crippen LogP contribution < -0.4 is 4.74 Å². The molecule has 148 valence electrons. The van der Waals surface area contributed by atoms with Gasteiger partial charge < -0.3 is 9.84 Å². The molecule has 0 fully saturated rings. The van der Waals surface area contributed by atoms with E-state index >= 15 is 0 Å². The number of aromatic carboxylic acids is 1. The molecule has 0 saturated heterocycles. The standard InChI is InChI=1S/C19H13F3N4O3/c1-9-7-14(19(20,21)22)24-16-15(9)17-23-12(8-13(18(27)28)26(17)25-16)10-3-5-11(29-2)6-4-10/h3-8H,1-2H3,(H,27,28). The van der Waals surface area contributed by atoms with Gasteiger partial charge in [-0.2, -0.15) is 13.2 Å². The van der Waals surface area contributed by atoms with E-state index < -0.39 is 17.8 Å². The molecule has 29 heavy (non-hydrogen) atoms. The number of carboxylic acids is 1. The van der Waals surface area contributed by atoms with Crippen LogP contribution >= 0.6 is 0 Å². The van der Waals surface area contributed by atoms with Gasteiger partial charge in [-0.05, 0) is 48.9 Å². The molecule has 0 aliphatic rings. The van der Waals surface area contributed by atoms with Crippen LogP contribution in [0.4, 0.5) is 13.2 Å². The zero-order valence-corrected chi connectivity index (χ0v) is 15.2. The largest absolute Gasteiger partial charge is 0.497 e. The summed E-state index contributed by atoms with van der Waals surface area (Å²) >= 11 is 0. The zero-order valence-electron chi connectivity index (χ0n) is 15.2. The highest BCUT2D eigenvalue weighted by molar-refractivity contribution is 5.96. The van der Waals surface area contributed by atoms with Crippen molar-refractivity contribution in [1.29, 1.82) is 0 Å². The molecule has 0 aliphatic heterocycles. The predicted octanol–water partition coefficient (Wildman–Crippen LogP) is 3.98. The van der Waals surface area contributed by atoms with Gasteiger partial charge in [-0.15, -0.1) is 5.10 Å². The van der Waals surface area contributed by atoms with Gasteiger partial charge in [0, 0.05) is 5.56 Å². The van der Waals surface area contributed by atoms with Gasteiger partial charge >= 0.3 is 12.1 Å². The molecular formula is C19H13F3N4O3. The topological polar surface area (TPSA) is 89.6 Å². The molecule has 1 N–H and O–H groups in total. The Morgan fingerprint density at radius 2 is 1.83 bits per heavy atom. The van der Waals surface area contributed by atoms with Gasteiger partial charge in [0.05, 0.1) is 18.2 Å². The molecule has 7 nitrogen and oxygen atoms in total. The van der Waals surface area contributed by atoms with Crippen LogP contribution in [0.2, 0.25) is 0 Å². The molecule has 10 heteroatoms. The highest BCUT2D eigenvalue weighted by Gasteiger charge is 2.34. The fourth-order valence-corrected chi connectivity index (χ4v) is 3.07. The van der Waals surface area contributed by atoms with Gasteiger partial charge in [0.1, 0.15) is 11.4 Å². The number of carboxylic acid groups (broad SMARTS) is 1. The van der Waals surface area contributed by atoms with E-state index in [9.17, 15) is 23.1 Å². The molecule has 0 saturated carbocycles. The van der Waals surface area contributed by atoms with E-state index in [1.165, 1.54) is 20.1 Å². The third-order valence-corrected chi connectivity index (χ3v) is 4.44. The molecule has 3 aromatic heterocycles. The number of halogens is 3. The fourth-order valence-electron chi connectivity index (χ4n) is 3.07. The SMILES string of the molecule is COc1ccc(-c2cc(C(=O)O)n3nc4nc(C(F)(F)F)cc(C)c4c3n2)cc1. The highest BCUT2D eigenvalue weighted by Crippen LogP contribution is 2.32. The van der Waals surface area contributed by atoms with E-state index in [4.69, 9.17) is 4.74 Å². The number of nitrogens with zero attached hydrogens (tertiary/aromatic N) is 4. The number of ether oxygens (including phenoxy) is 1. The smallest absolute Gasteiger partial charge is 0.433 e. The van der Waals surface area contributed by atoms with Crippen molar-refractivity contribution in [3.8, 4) is 17.0 Å². The van der Waals surface area contributed by atoms with Gasteiger partial charge in [0.15, 0.2) is 17.0 Å². The zero-order chi connectivity index (χ0) is 20.9. The lowest BCUT2D eigenvalue weighted by Gasteiger charge is -2.07. The number of rotatable bonds is 3. The summed E-state index contributed by atoms with van der Waals surface area (Å²) < 4.78 is 45.4. The first kappa shape index (κ1) is 18.7. The number of alkyl halides is 3. The Morgan fingerprint density at radius 1 is 1.14 bits per heavy atom. The minimum atomic E-state index is -4.65. The van der Waals surface area contributed by atoms with Gasteiger partial charge in [-0.1, -0.05) is 0 Å². The molecule has 0 atom stereocenters. The Labute approximate surface area is 161 Å². The molecule has 4 aromatic rings. The third kappa shape index (κ3) is 3.12. The van der Waals surface area contributed by atoms with Crippen molar-refractivity contribution in [3.05, 3.63) is 53.3 Å². The van der Waals surface area contributed by atoms with Crippen LogP contribution in [-0.4, -0.2) is 37.8 Å². The number of aryl methyl sites for hydroxylation is 1. The molecule has 0 spiro atoms. The Balaban J connectivity index is 2.03. The normalized spacial score (nSPS) is 11.9. The van der Waals surface area contributed by atoms with E-state index in [1.807, 2.05) is 0 Å². The van der Waals surface area contributed by atoms with Crippen LogP contribution in [0.15, 0.2) is 36.4 Å². The van der Waals surface area contributed by atoms with E-state index in [-0.39, 0.29) is 27.9 Å². The second kappa shape index (κ2) is 6.43. The van der Waals surface area contributed by atoms with Crippen LogP contribution in [0.3, 0.4) is 0 Å². The first-order valence-electron chi connectivity index (χ1n) is 8.35. The number of carbonyl (C=O) groups is 1. The van der Waals surface area contributed by atoms with Gasteiger partial charge in [0.25, 0.3) is 0 Å². The summed E-state index contributed by atoms with van der Waals surface area (Å²) in [5, 5.41) is 13.8. The number of hydrogen-bond acceptors (Lipinski definition) is 5. The summed E-state index contributed by atoms with van der Waals surface area (Å²) in [7, 11) is 1.52. The second-order valence-electron chi connectivity index (χ2n) is 6.32. The number of fused-ring (bicyclic) bond motifs is 3. The lowest BCUT2D eigenvalue weighted by Crippen LogP contribution is -2.08. The van der Waals surface area contributed by atoms with E-state index in [0.29, 0.717) is 17.0 Å². The van der Waals surface area contributed by atoms with Crippen molar-refractivity contribution in [1.82, 2.24) is 19.6 Å². The Hall–Kier alpha value is -3.69. The van der Waals surface area contributed by atoms with Crippen molar-refractivity contribution in [2.24, 2.45) is 0 Å². The van der Waals surface area contributed by atoms with Crippen LogP contribution in [0, 0.1) is 6.92 Å². The molecule has 0 unspecified atom stereocenters. The quantitative estimate of drug-likeness (QED) is 0.558. The summed E-state index contributed by atoms with van der Waals surface area (Å²) in [6, 6.07) is 9.00. The Kier molecular flexibility index (Phi) is 4.14. The maximum Gasteiger partial charge on any atom is 0.433 e. The second-order valence-corrected chi connectivity index (χ2v) is 6.32. The van der Waals surface area contributed by atoms with Crippen LogP contribution in [0.25, 0.3) is 27.9 Å². The first-order valence-corrected chi connectivity index (χ1v) is 8.35. The number of hydrogen-bond donors (Lipinski definition) is 1. The number of aromatic nitrogens is 4. The molecule has 0 bridgehead atoms. The van der Waals surface area contributed by atoms with Crippen molar-refractivity contribution in [2.45, 2.75) is 13.1 Å². The third-order valence-electron chi connectivity index (χ3n) is 4.44. The molecule has 3 heterocycles. The van der Waals surface area contributed by atoms with Gasteiger partial charge in [-0.3, -0.25) is 0 Å². The van der Waals surface area contributed by atoms with Crippen LogP contribution in [0.1, 0.15) is 21.7 Å². The molecule has 0 amide bonds. The lowest BCUT2D eigenvalue weighted by molar-refractivity contribution is -0.141. The number of benzene rings is 1. The minimum absolute atomic E-state index is 0.115. The summed E-state index contributed by atoms with van der Waals surface area (Å²) in [6.45, 7) is 1.48. The summed E-state index contributed by atoms with van der Waals surface area (Å²) in [6.07, 6.45) is -4.65. The summed E-state index contributed by atoms with van der Waals surface area (Å²) in [4.78, 5) is 19.8. The van der Waals surface area contributed by atoms with Gasteiger partial charge in [-0.25, -0.2) is 19.3 Å². The lowest BCUT2D eigenvalue weighted by atomic mass is 10.1. The maximum absolute atomic E-state index is 13.1. The molecular weight excluding hydrogens is 389 g/mol. The van der Waals surface area contributed by atoms with Crippen molar-refractivity contribution < 1.29 is 27.8 Å². The predicted molar refractivity (Wildman–Crippen MR) is 97.0 cm³/mol. The molecule has 4 rings (SSSR count). The van der Waals surface area contributed by atoms with Gasteiger partial charge in [0.2, 0.25) is 0 Å². The Bertz CT molecular complexity index is 1260. The van der Waals surface area contributed by atoms with Crippen LogP contribution in [-0.2, 0) is 6.18 Å². The van der Waals surface area contributed by atoms with Crippen molar-refractivity contribution in [2.75, 3.05) is 7.11 Å². The highest BCUT2D eigenvalue weighted by atomic mass is 19.4. The molecule has 0 radical (unpaired) electrons. The molecule has 1 aromatic carbocycles. The Morgan fingerprint density at radius 3 is 2.41 bits per heavy atom. The number of pyridine rings is 1.